The van der Waals surface area contributed by atoms with Crippen LogP contribution in [-0.2, 0) is 11.2 Å². The minimum atomic E-state index is -0.134. The third-order valence-corrected chi connectivity index (χ3v) is 6.04. The van der Waals surface area contributed by atoms with Gasteiger partial charge in [0.1, 0.15) is 0 Å². The van der Waals surface area contributed by atoms with E-state index >= 15 is 0 Å². The highest BCUT2D eigenvalue weighted by atomic mass is 32.1. The van der Waals surface area contributed by atoms with Gasteiger partial charge in [-0.15, -0.1) is 0 Å². The highest BCUT2D eigenvalue weighted by molar-refractivity contribution is 7.19. The second-order valence-corrected chi connectivity index (χ2v) is 8.81. The number of nitrogens with zero attached hydrogens (tertiary/aromatic N) is 4. The summed E-state index contributed by atoms with van der Waals surface area (Å²) < 4.78 is 1.94. The number of carbonyl (C=O) groups is 2. The molecule has 0 aliphatic heterocycles. The van der Waals surface area contributed by atoms with Crippen molar-refractivity contribution in [1.82, 2.24) is 19.7 Å². The van der Waals surface area contributed by atoms with Gasteiger partial charge in [0.15, 0.2) is 10.8 Å². The molecule has 0 bridgehead atoms. The Balaban J connectivity index is 2.11. The van der Waals surface area contributed by atoms with Crippen LogP contribution in [-0.4, -0.2) is 45.1 Å². The number of rotatable bonds is 6. The molecule has 2 aromatic rings. The zero-order chi connectivity index (χ0) is 20.6. The van der Waals surface area contributed by atoms with Crippen LogP contribution in [0, 0.1) is 0 Å². The number of hydrogen-bond donors (Lipinski definition) is 1. The molecule has 1 aliphatic carbocycles. The Morgan fingerprint density at radius 2 is 2.11 bits per heavy atom. The Bertz CT molecular complexity index is 899. The normalized spacial score (nSPS) is 15.3. The predicted octanol–water partition coefficient (Wildman–Crippen LogP) is 4.08. The molecule has 1 aliphatic rings. The lowest BCUT2D eigenvalue weighted by atomic mass is 9.87. The van der Waals surface area contributed by atoms with E-state index in [0.717, 1.165) is 47.6 Å². The summed E-state index contributed by atoms with van der Waals surface area (Å²) >= 11 is 1.46. The van der Waals surface area contributed by atoms with Gasteiger partial charge in [-0.1, -0.05) is 31.6 Å². The van der Waals surface area contributed by atoms with Gasteiger partial charge in [0, 0.05) is 32.1 Å². The molecule has 7 nitrogen and oxygen atoms in total. The van der Waals surface area contributed by atoms with Crippen LogP contribution in [0.1, 0.15) is 81.2 Å². The van der Waals surface area contributed by atoms with Crippen molar-refractivity contribution >= 4 is 28.3 Å². The maximum atomic E-state index is 13.1. The Morgan fingerprint density at radius 1 is 1.39 bits per heavy atom. The van der Waals surface area contributed by atoms with Crippen molar-refractivity contribution in [2.24, 2.45) is 0 Å². The van der Waals surface area contributed by atoms with E-state index in [9.17, 15) is 9.59 Å². The van der Waals surface area contributed by atoms with Gasteiger partial charge in [0.2, 0.25) is 5.91 Å². The Morgan fingerprint density at radius 3 is 2.71 bits per heavy atom. The average Bonchev–Trinajstić information content (AvgIpc) is 3.19. The number of fused-ring (bicyclic) bond motifs is 3. The SMILES string of the molecule is CCCCN(C)C(=O)c1nn(C(C)C)c2c1C(C)Cc1nc(NC(C)=O)sc1-2. The highest BCUT2D eigenvalue weighted by Gasteiger charge is 2.36. The van der Waals surface area contributed by atoms with Crippen molar-refractivity contribution in [3.8, 4) is 10.6 Å². The van der Waals surface area contributed by atoms with E-state index in [2.05, 4.69) is 38.0 Å². The fourth-order valence-electron chi connectivity index (χ4n) is 3.62. The highest BCUT2D eigenvalue weighted by Crippen LogP contribution is 2.46. The summed E-state index contributed by atoms with van der Waals surface area (Å²) in [5.74, 6) is -0.0167. The van der Waals surface area contributed by atoms with Gasteiger partial charge in [0.05, 0.1) is 16.3 Å². The van der Waals surface area contributed by atoms with Crippen LogP contribution < -0.4 is 5.32 Å². The first-order valence-corrected chi connectivity index (χ1v) is 10.7. The molecule has 1 atom stereocenters. The number of thiazole rings is 1. The lowest BCUT2D eigenvalue weighted by molar-refractivity contribution is -0.114. The topological polar surface area (TPSA) is 80.1 Å². The third-order valence-electron chi connectivity index (χ3n) is 5.02. The molecule has 3 rings (SSSR count). The number of hydrogen-bond acceptors (Lipinski definition) is 5. The average molecular weight is 404 g/mol. The zero-order valence-corrected chi connectivity index (χ0v) is 18.3. The summed E-state index contributed by atoms with van der Waals surface area (Å²) in [6.45, 7) is 10.6. The van der Waals surface area contributed by atoms with E-state index < -0.39 is 0 Å². The van der Waals surface area contributed by atoms with Gasteiger partial charge in [-0.25, -0.2) is 4.98 Å². The summed E-state index contributed by atoms with van der Waals surface area (Å²) in [5, 5.41) is 8.15. The Labute approximate surface area is 170 Å². The fraction of sp³-hybridized carbons (Fsp3) is 0.600. The van der Waals surface area contributed by atoms with Crippen molar-refractivity contribution in [2.75, 3.05) is 18.9 Å². The van der Waals surface area contributed by atoms with Crippen molar-refractivity contribution in [3.63, 3.8) is 0 Å². The van der Waals surface area contributed by atoms with Crippen molar-refractivity contribution in [1.29, 1.82) is 0 Å². The Hall–Kier alpha value is -2.22. The summed E-state index contributed by atoms with van der Waals surface area (Å²) in [6, 6.07) is 0.112. The summed E-state index contributed by atoms with van der Waals surface area (Å²) in [4.78, 5) is 32.0. The lowest BCUT2D eigenvalue weighted by Crippen LogP contribution is -2.29. The summed E-state index contributed by atoms with van der Waals surface area (Å²) in [6.07, 6.45) is 2.76. The smallest absolute Gasteiger partial charge is 0.274 e. The predicted molar refractivity (Wildman–Crippen MR) is 112 cm³/mol. The molecule has 1 unspecified atom stereocenters. The van der Waals surface area contributed by atoms with Crippen LogP contribution in [0.2, 0.25) is 0 Å². The van der Waals surface area contributed by atoms with Crippen molar-refractivity contribution in [2.45, 2.75) is 65.8 Å². The molecule has 0 fully saturated rings. The molecular weight excluding hydrogens is 374 g/mol. The minimum Gasteiger partial charge on any atom is -0.340 e. The maximum Gasteiger partial charge on any atom is 0.274 e. The molecule has 0 spiro atoms. The van der Waals surface area contributed by atoms with Crippen LogP contribution in [0.4, 0.5) is 5.13 Å². The van der Waals surface area contributed by atoms with Gasteiger partial charge in [-0.05, 0) is 32.6 Å². The summed E-state index contributed by atoms with van der Waals surface area (Å²) in [5.41, 5.74) is 3.50. The monoisotopic (exact) mass is 403 g/mol. The second kappa shape index (κ2) is 8.03. The Kier molecular flexibility index (Phi) is 5.88. The van der Waals surface area contributed by atoms with E-state index in [1.807, 2.05) is 11.7 Å². The van der Waals surface area contributed by atoms with Gasteiger partial charge >= 0.3 is 0 Å². The molecule has 0 radical (unpaired) electrons. The third kappa shape index (κ3) is 3.70. The molecule has 8 heteroatoms. The standard InChI is InChI=1S/C20H29N5O2S/c1-7-8-9-24(6)19(27)16-15-12(4)10-14-18(17(15)25(23-16)11(2)3)28-20(22-14)21-13(5)26/h11-12H,7-10H2,1-6H3,(H,21,22,26). The van der Waals surface area contributed by atoms with Crippen LogP contribution in [0.25, 0.3) is 10.6 Å². The van der Waals surface area contributed by atoms with Crippen molar-refractivity contribution in [3.05, 3.63) is 17.0 Å². The number of anilines is 1. The zero-order valence-electron chi connectivity index (χ0n) is 17.5. The van der Waals surface area contributed by atoms with Crippen molar-refractivity contribution < 1.29 is 9.59 Å². The minimum absolute atomic E-state index is 0.0222. The maximum absolute atomic E-state index is 13.1. The first-order valence-electron chi connectivity index (χ1n) is 9.90. The molecule has 2 aromatic heterocycles. The van der Waals surface area contributed by atoms with E-state index in [0.29, 0.717) is 10.8 Å². The van der Waals surface area contributed by atoms with Crippen LogP contribution >= 0.6 is 11.3 Å². The summed E-state index contributed by atoms with van der Waals surface area (Å²) in [7, 11) is 1.85. The number of carbonyl (C=O) groups excluding carboxylic acids is 2. The number of amides is 2. The molecule has 0 aromatic carbocycles. The van der Waals surface area contributed by atoms with Gasteiger partial charge in [0.25, 0.3) is 5.91 Å². The molecule has 0 saturated heterocycles. The molecule has 1 N–H and O–H groups in total. The number of nitrogens with one attached hydrogen (secondary N) is 1. The molecule has 0 saturated carbocycles. The first-order chi connectivity index (χ1) is 13.2. The first kappa shape index (κ1) is 20.5. The molecule has 2 heterocycles. The molecule has 28 heavy (non-hydrogen) atoms. The quantitative estimate of drug-likeness (QED) is 0.788. The fourth-order valence-corrected chi connectivity index (χ4v) is 4.71. The van der Waals surface area contributed by atoms with Crippen LogP contribution in [0.3, 0.4) is 0 Å². The van der Waals surface area contributed by atoms with Gasteiger partial charge in [-0.2, -0.15) is 5.10 Å². The van der Waals surface area contributed by atoms with E-state index in [1.165, 1.54) is 18.3 Å². The molecule has 152 valence electrons. The molecular formula is C20H29N5O2S. The number of aromatic nitrogens is 3. The van der Waals surface area contributed by atoms with Crippen LogP contribution in [0.5, 0.6) is 0 Å². The second-order valence-electron chi connectivity index (χ2n) is 7.81. The van der Waals surface area contributed by atoms with E-state index in [-0.39, 0.29) is 23.8 Å². The van der Waals surface area contributed by atoms with E-state index in [1.54, 1.807) is 4.90 Å². The largest absolute Gasteiger partial charge is 0.340 e. The molecule has 2 amide bonds. The van der Waals surface area contributed by atoms with Gasteiger partial charge in [-0.3, -0.25) is 14.3 Å². The van der Waals surface area contributed by atoms with Crippen LogP contribution in [0.15, 0.2) is 0 Å². The van der Waals surface area contributed by atoms with Gasteiger partial charge < -0.3 is 10.2 Å². The number of unbranched alkanes of at least 4 members (excludes halogenated alkanes) is 1. The lowest BCUT2D eigenvalue weighted by Gasteiger charge is -2.22. The van der Waals surface area contributed by atoms with E-state index in [4.69, 9.17) is 5.10 Å².